The smallest absolute Gasteiger partial charge is 0.187 e. The molecule has 0 aromatic carbocycles. The van der Waals surface area contributed by atoms with Crippen molar-refractivity contribution in [3.05, 3.63) is 23.3 Å². The second-order valence-electron chi connectivity index (χ2n) is 8.25. The van der Waals surface area contributed by atoms with Gasteiger partial charge in [-0.25, -0.2) is 0 Å². The van der Waals surface area contributed by atoms with Crippen molar-refractivity contribution in [2.75, 3.05) is 0 Å². The predicted molar refractivity (Wildman–Crippen MR) is 89.4 cm³/mol. The van der Waals surface area contributed by atoms with Gasteiger partial charge in [0.2, 0.25) is 0 Å². The monoisotopic (exact) mass is 302 g/mol. The number of hydrogen-bond donors (Lipinski definition) is 1. The molecule has 0 radical (unpaired) electrons. The van der Waals surface area contributed by atoms with E-state index in [0.717, 1.165) is 37.7 Å². The molecule has 0 saturated heterocycles. The molecule has 0 amide bonds. The second kappa shape index (κ2) is 5.63. The van der Waals surface area contributed by atoms with Crippen LogP contribution in [0.5, 0.6) is 0 Å². The van der Waals surface area contributed by atoms with Gasteiger partial charge in [-0.2, -0.15) is 0 Å². The molecular formula is C20H30O2. The number of allylic oxidation sites excluding steroid dienone is 2. The fourth-order valence-corrected chi connectivity index (χ4v) is 5.36. The SMILES string of the molecule is C=C1CCC[C@@H](C)CCC2=C(C)[C@@H]3[C@H]1CC[C@]3(C)[C@H](O)C2=O. The number of ketones is 1. The standard InChI is InChI=1S/C20H30O2/c1-12-6-5-7-13(2)15-10-11-20(4)17(15)14(3)16(9-8-12)18(21)19(20)22/h12,15,17,19,22H,2,5-11H2,1,3-4H3/t12-,15+,17-,19-,20+/m1/s1. The highest BCUT2D eigenvalue weighted by atomic mass is 16.3. The van der Waals surface area contributed by atoms with Gasteiger partial charge in [0.25, 0.3) is 0 Å². The van der Waals surface area contributed by atoms with Crippen LogP contribution in [-0.4, -0.2) is 17.0 Å². The lowest BCUT2D eigenvalue weighted by Crippen LogP contribution is -2.48. The number of hydrogen-bond acceptors (Lipinski definition) is 2. The van der Waals surface area contributed by atoms with Crippen molar-refractivity contribution in [2.45, 2.75) is 71.8 Å². The molecule has 122 valence electrons. The van der Waals surface area contributed by atoms with Gasteiger partial charge in [-0.05, 0) is 68.8 Å². The molecule has 0 heterocycles. The summed E-state index contributed by atoms with van der Waals surface area (Å²) in [5.74, 6) is 1.42. The Bertz CT molecular complexity index is 530. The van der Waals surface area contributed by atoms with E-state index < -0.39 is 6.10 Å². The van der Waals surface area contributed by atoms with Gasteiger partial charge in [-0.1, -0.05) is 38.0 Å². The summed E-state index contributed by atoms with van der Waals surface area (Å²) in [4.78, 5) is 12.7. The molecule has 2 heteroatoms. The zero-order chi connectivity index (χ0) is 16.1. The first-order valence-electron chi connectivity index (χ1n) is 8.96. The Hall–Kier alpha value is -0.890. The third kappa shape index (κ3) is 2.31. The Labute approximate surface area is 134 Å². The van der Waals surface area contributed by atoms with E-state index in [1.807, 2.05) is 0 Å². The predicted octanol–water partition coefficient (Wildman–Crippen LogP) is 4.44. The van der Waals surface area contributed by atoms with Crippen LogP contribution in [0.4, 0.5) is 0 Å². The largest absolute Gasteiger partial charge is 0.384 e. The second-order valence-corrected chi connectivity index (χ2v) is 8.25. The van der Waals surface area contributed by atoms with Gasteiger partial charge < -0.3 is 5.11 Å². The van der Waals surface area contributed by atoms with Crippen LogP contribution in [0.1, 0.15) is 65.7 Å². The Balaban J connectivity index is 2.07. The lowest BCUT2D eigenvalue weighted by molar-refractivity contribution is -0.133. The molecule has 3 rings (SSSR count). The minimum atomic E-state index is -0.815. The van der Waals surface area contributed by atoms with Crippen molar-refractivity contribution >= 4 is 5.78 Å². The Morgan fingerprint density at radius 2 is 1.95 bits per heavy atom. The molecule has 1 saturated carbocycles. The zero-order valence-electron chi connectivity index (χ0n) is 14.3. The number of aliphatic hydroxyl groups is 1. The molecule has 0 spiro atoms. The summed E-state index contributed by atoms with van der Waals surface area (Å²) in [7, 11) is 0. The fourth-order valence-electron chi connectivity index (χ4n) is 5.36. The summed E-state index contributed by atoms with van der Waals surface area (Å²) < 4.78 is 0. The minimum Gasteiger partial charge on any atom is -0.384 e. The molecule has 0 unspecified atom stereocenters. The lowest BCUT2D eigenvalue weighted by atomic mass is 9.61. The van der Waals surface area contributed by atoms with Crippen molar-refractivity contribution < 1.29 is 9.90 Å². The number of aliphatic hydroxyl groups excluding tert-OH is 1. The average molecular weight is 302 g/mol. The van der Waals surface area contributed by atoms with Crippen LogP contribution in [0.25, 0.3) is 0 Å². The van der Waals surface area contributed by atoms with Crippen LogP contribution in [0.15, 0.2) is 23.3 Å². The molecular weight excluding hydrogens is 272 g/mol. The molecule has 3 aliphatic rings. The van der Waals surface area contributed by atoms with E-state index in [1.54, 1.807) is 0 Å². The van der Waals surface area contributed by atoms with Gasteiger partial charge in [0.15, 0.2) is 5.78 Å². The van der Waals surface area contributed by atoms with Gasteiger partial charge in [-0.15, -0.1) is 0 Å². The molecule has 0 aromatic heterocycles. The number of carbonyl (C=O) groups excluding carboxylic acids is 1. The topological polar surface area (TPSA) is 37.3 Å². The van der Waals surface area contributed by atoms with Gasteiger partial charge >= 0.3 is 0 Å². The molecule has 2 bridgehead atoms. The summed E-state index contributed by atoms with van der Waals surface area (Å²) in [6.45, 7) is 10.9. The Kier molecular flexibility index (Phi) is 4.09. The summed E-state index contributed by atoms with van der Waals surface area (Å²) in [6.07, 6.45) is 6.64. The van der Waals surface area contributed by atoms with Gasteiger partial charge in [0.05, 0.1) is 0 Å². The van der Waals surface area contributed by atoms with Crippen LogP contribution in [-0.2, 0) is 4.79 Å². The molecule has 5 atom stereocenters. The molecule has 2 nitrogen and oxygen atoms in total. The van der Waals surface area contributed by atoms with Crippen molar-refractivity contribution in [2.24, 2.45) is 23.2 Å². The molecule has 1 fully saturated rings. The number of carbonyl (C=O) groups is 1. The highest BCUT2D eigenvalue weighted by Gasteiger charge is 2.56. The molecule has 0 aromatic rings. The van der Waals surface area contributed by atoms with Crippen LogP contribution in [0, 0.1) is 23.2 Å². The maximum atomic E-state index is 12.7. The highest BCUT2D eigenvalue weighted by Crippen LogP contribution is 2.58. The maximum absolute atomic E-state index is 12.7. The van der Waals surface area contributed by atoms with Gasteiger partial charge in [0.1, 0.15) is 6.10 Å². The van der Waals surface area contributed by atoms with Crippen molar-refractivity contribution in [3.8, 4) is 0 Å². The minimum absolute atomic E-state index is 0.00830. The van der Waals surface area contributed by atoms with Crippen LogP contribution in [0.2, 0.25) is 0 Å². The average Bonchev–Trinajstić information content (AvgIpc) is 2.83. The van der Waals surface area contributed by atoms with E-state index in [4.69, 9.17) is 0 Å². The third-order valence-corrected chi connectivity index (χ3v) is 6.83. The van der Waals surface area contributed by atoms with Crippen LogP contribution in [0.3, 0.4) is 0 Å². The Morgan fingerprint density at radius 1 is 1.23 bits per heavy atom. The van der Waals surface area contributed by atoms with Crippen LogP contribution >= 0.6 is 0 Å². The summed E-state index contributed by atoms with van der Waals surface area (Å²) in [6, 6.07) is 0. The first-order valence-corrected chi connectivity index (χ1v) is 8.96. The first kappa shape index (κ1) is 16.0. The number of rotatable bonds is 0. The molecule has 1 N–H and O–H groups in total. The lowest BCUT2D eigenvalue weighted by Gasteiger charge is -2.43. The number of Topliss-reactive ketones (excluding diaryl/α,β-unsaturated/α-hetero) is 1. The summed E-state index contributed by atoms with van der Waals surface area (Å²) in [5.41, 5.74) is 3.26. The zero-order valence-corrected chi connectivity index (χ0v) is 14.3. The summed E-state index contributed by atoms with van der Waals surface area (Å²) >= 11 is 0. The normalized spacial score (nSPS) is 43.3. The fraction of sp³-hybridized carbons (Fsp3) is 0.750. The van der Waals surface area contributed by atoms with E-state index in [2.05, 4.69) is 27.4 Å². The van der Waals surface area contributed by atoms with E-state index >= 15 is 0 Å². The van der Waals surface area contributed by atoms with Crippen LogP contribution < -0.4 is 0 Å². The van der Waals surface area contributed by atoms with E-state index in [-0.39, 0.29) is 11.2 Å². The van der Waals surface area contributed by atoms with E-state index in [9.17, 15) is 9.90 Å². The van der Waals surface area contributed by atoms with E-state index in [1.165, 1.54) is 24.0 Å². The first-order chi connectivity index (χ1) is 10.4. The van der Waals surface area contributed by atoms with Crippen molar-refractivity contribution in [1.82, 2.24) is 0 Å². The summed E-state index contributed by atoms with van der Waals surface area (Å²) in [5, 5.41) is 10.7. The third-order valence-electron chi connectivity index (χ3n) is 6.83. The van der Waals surface area contributed by atoms with E-state index in [0.29, 0.717) is 17.8 Å². The van der Waals surface area contributed by atoms with Gasteiger partial charge in [0, 0.05) is 5.41 Å². The molecule has 0 aliphatic heterocycles. The van der Waals surface area contributed by atoms with Crippen molar-refractivity contribution in [1.29, 1.82) is 0 Å². The highest BCUT2D eigenvalue weighted by molar-refractivity contribution is 6.01. The Morgan fingerprint density at radius 3 is 2.68 bits per heavy atom. The maximum Gasteiger partial charge on any atom is 0.187 e. The van der Waals surface area contributed by atoms with Gasteiger partial charge in [-0.3, -0.25) is 4.79 Å². The quantitative estimate of drug-likeness (QED) is 0.672. The molecule has 3 aliphatic carbocycles. The van der Waals surface area contributed by atoms with Crippen molar-refractivity contribution in [3.63, 3.8) is 0 Å². The molecule has 22 heavy (non-hydrogen) atoms.